The van der Waals surface area contributed by atoms with Gasteiger partial charge in [0.05, 0.1) is 0 Å². The van der Waals surface area contributed by atoms with E-state index in [1.54, 1.807) is 6.07 Å². The molecule has 0 fully saturated rings. The van der Waals surface area contributed by atoms with Gasteiger partial charge in [-0.25, -0.2) is 0 Å². The van der Waals surface area contributed by atoms with E-state index in [1.807, 2.05) is 63.2 Å². The second kappa shape index (κ2) is 8.28. The minimum atomic E-state index is -0.601. The third-order valence-corrected chi connectivity index (χ3v) is 4.46. The molecule has 0 saturated heterocycles. The van der Waals surface area contributed by atoms with Crippen LogP contribution in [0.15, 0.2) is 48.5 Å². The molecule has 0 aliphatic carbocycles. The van der Waals surface area contributed by atoms with E-state index in [1.165, 1.54) is 0 Å². The fourth-order valence-corrected chi connectivity index (χ4v) is 2.69. The van der Waals surface area contributed by atoms with Crippen LogP contribution in [0, 0.1) is 16.4 Å². The number of aryl methyl sites for hydroxylation is 1. The van der Waals surface area contributed by atoms with Crippen LogP contribution in [0.25, 0.3) is 0 Å². The highest BCUT2D eigenvalue weighted by Crippen LogP contribution is 2.14. The molecule has 4 nitrogen and oxygen atoms in total. The van der Waals surface area contributed by atoms with E-state index in [-0.39, 0.29) is 17.7 Å². The molecule has 2 aromatic carbocycles. The zero-order valence-corrected chi connectivity index (χ0v) is 16.1. The summed E-state index contributed by atoms with van der Waals surface area (Å²) in [6.45, 7) is 5.71. The summed E-state index contributed by atoms with van der Waals surface area (Å²) in [6, 6.07) is 14.3. The van der Waals surface area contributed by atoms with E-state index in [0.29, 0.717) is 5.56 Å². The van der Waals surface area contributed by atoms with Gasteiger partial charge < -0.3 is 10.6 Å². The van der Waals surface area contributed by atoms with Gasteiger partial charge in [-0.05, 0) is 71.3 Å². The summed E-state index contributed by atoms with van der Waals surface area (Å²) in [7, 11) is 0. The third kappa shape index (κ3) is 4.80. The summed E-state index contributed by atoms with van der Waals surface area (Å²) in [5, 5.41) is 5.72. The van der Waals surface area contributed by atoms with E-state index in [0.717, 1.165) is 14.8 Å². The molecule has 2 rings (SSSR count). The number of carbonyl (C=O) groups excluding carboxylic acids is 2. The summed E-state index contributed by atoms with van der Waals surface area (Å²) < 4.78 is 1.10. The Labute approximate surface area is 156 Å². The maximum atomic E-state index is 12.6. The van der Waals surface area contributed by atoms with Crippen molar-refractivity contribution in [2.24, 2.45) is 5.92 Å². The van der Waals surface area contributed by atoms with Crippen molar-refractivity contribution < 1.29 is 9.59 Å². The van der Waals surface area contributed by atoms with Crippen molar-refractivity contribution in [1.29, 1.82) is 0 Å². The van der Waals surface area contributed by atoms with Gasteiger partial charge in [-0.1, -0.05) is 32.0 Å². The number of rotatable bonds is 5. The highest BCUT2D eigenvalue weighted by molar-refractivity contribution is 14.1. The molecular formula is C19H21IN2O2. The van der Waals surface area contributed by atoms with Crippen molar-refractivity contribution in [3.63, 3.8) is 0 Å². The lowest BCUT2D eigenvalue weighted by Gasteiger charge is -2.22. The first-order chi connectivity index (χ1) is 11.4. The summed E-state index contributed by atoms with van der Waals surface area (Å²) in [5.74, 6) is -0.473. The molecule has 0 heterocycles. The number of halogens is 1. The second-order valence-electron chi connectivity index (χ2n) is 6.01. The monoisotopic (exact) mass is 436 g/mol. The number of nitrogens with one attached hydrogen (secondary N) is 2. The van der Waals surface area contributed by atoms with Crippen LogP contribution in [-0.4, -0.2) is 17.9 Å². The lowest BCUT2D eigenvalue weighted by Crippen LogP contribution is -2.47. The van der Waals surface area contributed by atoms with Crippen molar-refractivity contribution in [3.05, 3.63) is 63.2 Å². The van der Waals surface area contributed by atoms with Crippen molar-refractivity contribution >= 4 is 40.1 Å². The van der Waals surface area contributed by atoms with Crippen LogP contribution in [0.4, 0.5) is 5.69 Å². The fourth-order valence-electron chi connectivity index (χ4n) is 2.33. The minimum absolute atomic E-state index is 0.0261. The Morgan fingerprint density at radius 1 is 1.00 bits per heavy atom. The maximum Gasteiger partial charge on any atom is 0.252 e. The highest BCUT2D eigenvalue weighted by Gasteiger charge is 2.25. The molecule has 0 spiro atoms. The summed E-state index contributed by atoms with van der Waals surface area (Å²) in [4.78, 5) is 25.1. The molecule has 2 aromatic rings. The van der Waals surface area contributed by atoms with Crippen LogP contribution in [-0.2, 0) is 4.79 Å². The maximum absolute atomic E-state index is 12.6. The number of hydrogen-bond acceptors (Lipinski definition) is 2. The average Bonchev–Trinajstić information content (AvgIpc) is 2.54. The largest absolute Gasteiger partial charge is 0.340 e. The van der Waals surface area contributed by atoms with Crippen molar-refractivity contribution in [2.45, 2.75) is 26.8 Å². The van der Waals surface area contributed by atoms with Crippen LogP contribution in [0.3, 0.4) is 0 Å². The Morgan fingerprint density at radius 2 is 1.62 bits per heavy atom. The van der Waals surface area contributed by atoms with Gasteiger partial charge in [0.15, 0.2) is 0 Å². The molecule has 2 N–H and O–H groups in total. The zero-order chi connectivity index (χ0) is 17.7. The lowest BCUT2D eigenvalue weighted by atomic mass is 10.0. The normalized spacial score (nSPS) is 11.9. The van der Waals surface area contributed by atoms with E-state index < -0.39 is 6.04 Å². The number of amides is 2. The first-order valence-electron chi connectivity index (χ1n) is 7.81. The average molecular weight is 436 g/mol. The van der Waals surface area contributed by atoms with Gasteiger partial charge in [-0.3, -0.25) is 9.59 Å². The van der Waals surface area contributed by atoms with Crippen molar-refractivity contribution in [2.75, 3.05) is 5.32 Å². The van der Waals surface area contributed by atoms with Gasteiger partial charge in [0.2, 0.25) is 5.91 Å². The van der Waals surface area contributed by atoms with Crippen LogP contribution in [0.2, 0.25) is 0 Å². The molecular weight excluding hydrogens is 415 g/mol. The van der Waals surface area contributed by atoms with Gasteiger partial charge >= 0.3 is 0 Å². The van der Waals surface area contributed by atoms with Gasteiger partial charge in [-0.15, -0.1) is 0 Å². The van der Waals surface area contributed by atoms with Crippen LogP contribution in [0.1, 0.15) is 29.8 Å². The summed E-state index contributed by atoms with van der Waals surface area (Å²) in [5.41, 5.74) is 2.19. The van der Waals surface area contributed by atoms with E-state index in [4.69, 9.17) is 0 Å². The van der Waals surface area contributed by atoms with Gasteiger partial charge in [-0.2, -0.15) is 0 Å². The molecule has 24 heavy (non-hydrogen) atoms. The predicted molar refractivity (Wildman–Crippen MR) is 105 cm³/mol. The summed E-state index contributed by atoms with van der Waals surface area (Å²) >= 11 is 2.21. The van der Waals surface area contributed by atoms with Crippen LogP contribution in [0.5, 0.6) is 0 Å². The molecule has 1 unspecified atom stereocenters. The summed E-state index contributed by atoms with van der Waals surface area (Å²) in [6.07, 6.45) is 0. The Balaban J connectivity index is 2.11. The Morgan fingerprint density at radius 3 is 2.21 bits per heavy atom. The first kappa shape index (κ1) is 18.4. The van der Waals surface area contributed by atoms with E-state index >= 15 is 0 Å². The highest BCUT2D eigenvalue weighted by atomic mass is 127. The Hall–Kier alpha value is -1.89. The SMILES string of the molecule is Cc1ccccc1C(=O)NC(C(=O)Nc1ccc(I)cc1)C(C)C. The zero-order valence-electron chi connectivity index (χ0n) is 14.0. The van der Waals surface area contributed by atoms with Gasteiger partial charge in [0.25, 0.3) is 5.91 Å². The van der Waals surface area contributed by atoms with Crippen molar-refractivity contribution in [3.8, 4) is 0 Å². The molecule has 0 aromatic heterocycles. The molecule has 0 saturated carbocycles. The number of benzene rings is 2. The number of anilines is 1. The molecule has 0 radical (unpaired) electrons. The minimum Gasteiger partial charge on any atom is -0.340 e. The first-order valence-corrected chi connectivity index (χ1v) is 8.89. The van der Waals surface area contributed by atoms with Gasteiger partial charge in [0, 0.05) is 14.8 Å². The Bertz CT molecular complexity index is 726. The molecule has 0 aliphatic heterocycles. The quantitative estimate of drug-likeness (QED) is 0.697. The molecule has 1 atom stereocenters. The van der Waals surface area contributed by atoms with E-state index in [9.17, 15) is 9.59 Å². The molecule has 0 bridgehead atoms. The second-order valence-corrected chi connectivity index (χ2v) is 7.25. The van der Waals surface area contributed by atoms with E-state index in [2.05, 4.69) is 33.2 Å². The van der Waals surface area contributed by atoms with Crippen LogP contribution < -0.4 is 10.6 Å². The topological polar surface area (TPSA) is 58.2 Å². The predicted octanol–water partition coefficient (Wildman–Crippen LogP) is 3.99. The standard InChI is InChI=1S/C19H21IN2O2/c1-12(2)17(19(24)21-15-10-8-14(20)9-11-15)22-18(23)16-7-5-4-6-13(16)3/h4-12,17H,1-3H3,(H,21,24)(H,22,23). The molecule has 126 valence electrons. The smallest absolute Gasteiger partial charge is 0.252 e. The number of hydrogen-bond donors (Lipinski definition) is 2. The van der Waals surface area contributed by atoms with Gasteiger partial charge in [0.1, 0.15) is 6.04 Å². The molecule has 2 amide bonds. The number of carbonyl (C=O) groups is 2. The molecule has 5 heteroatoms. The third-order valence-electron chi connectivity index (χ3n) is 3.74. The molecule has 0 aliphatic rings. The fraction of sp³-hybridized carbons (Fsp3) is 0.263. The van der Waals surface area contributed by atoms with Crippen LogP contribution >= 0.6 is 22.6 Å². The lowest BCUT2D eigenvalue weighted by molar-refractivity contribution is -0.118. The Kier molecular flexibility index (Phi) is 6.36. The van der Waals surface area contributed by atoms with Crippen molar-refractivity contribution in [1.82, 2.24) is 5.32 Å².